The second-order valence-electron chi connectivity index (χ2n) is 6.11. The van der Waals surface area contributed by atoms with Crippen LogP contribution in [0.1, 0.15) is 26.3 Å². The lowest BCUT2D eigenvalue weighted by atomic mass is 10.0. The van der Waals surface area contributed by atoms with Gasteiger partial charge in [-0.3, -0.25) is 4.79 Å². The van der Waals surface area contributed by atoms with E-state index < -0.39 is 11.9 Å². The standard InChI is InChI=1S/C22H19NO5/c1-27-21(25)16-10-11-18(22(26)28-2)19(12-16)23-20(24)13-15-8-5-7-14-6-3-4-9-17(14)15/h3-12H,13H2,1-2H3,(H,23,24). The molecule has 0 unspecified atom stereocenters. The summed E-state index contributed by atoms with van der Waals surface area (Å²) >= 11 is 0. The van der Waals surface area contributed by atoms with E-state index in [-0.39, 0.29) is 29.1 Å². The van der Waals surface area contributed by atoms with Gasteiger partial charge in [-0.15, -0.1) is 0 Å². The predicted molar refractivity (Wildman–Crippen MR) is 105 cm³/mol. The molecule has 3 rings (SSSR count). The molecule has 6 heteroatoms. The van der Waals surface area contributed by atoms with Crippen LogP contribution in [-0.2, 0) is 20.7 Å². The number of anilines is 1. The van der Waals surface area contributed by atoms with E-state index >= 15 is 0 Å². The van der Waals surface area contributed by atoms with E-state index in [1.54, 1.807) is 0 Å². The van der Waals surface area contributed by atoms with Crippen molar-refractivity contribution in [2.24, 2.45) is 0 Å². The Morgan fingerprint density at radius 2 is 1.57 bits per heavy atom. The molecule has 3 aromatic rings. The molecule has 0 bridgehead atoms. The fraction of sp³-hybridized carbons (Fsp3) is 0.136. The first-order valence-electron chi connectivity index (χ1n) is 8.60. The molecule has 1 amide bonds. The van der Waals surface area contributed by atoms with Gasteiger partial charge in [0.05, 0.1) is 37.5 Å². The van der Waals surface area contributed by atoms with Crippen molar-refractivity contribution in [2.45, 2.75) is 6.42 Å². The van der Waals surface area contributed by atoms with Crippen LogP contribution >= 0.6 is 0 Å². The van der Waals surface area contributed by atoms with Gasteiger partial charge in [0.1, 0.15) is 0 Å². The van der Waals surface area contributed by atoms with Crippen LogP contribution in [0, 0.1) is 0 Å². The van der Waals surface area contributed by atoms with E-state index in [0.29, 0.717) is 0 Å². The third-order valence-corrected chi connectivity index (χ3v) is 4.35. The Hall–Kier alpha value is -3.67. The highest BCUT2D eigenvalue weighted by Crippen LogP contribution is 2.22. The third kappa shape index (κ3) is 4.01. The molecule has 0 fully saturated rings. The second-order valence-corrected chi connectivity index (χ2v) is 6.11. The van der Waals surface area contributed by atoms with Gasteiger partial charge in [0.25, 0.3) is 0 Å². The lowest BCUT2D eigenvalue weighted by molar-refractivity contribution is -0.115. The number of amides is 1. The van der Waals surface area contributed by atoms with Crippen molar-refractivity contribution >= 4 is 34.3 Å². The van der Waals surface area contributed by atoms with Gasteiger partial charge in [0.2, 0.25) is 5.91 Å². The Kier molecular flexibility index (Phi) is 5.69. The van der Waals surface area contributed by atoms with Gasteiger partial charge in [-0.25, -0.2) is 9.59 Å². The van der Waals surface area contributed by atoms with Crippen molar-refractivity contribution in [2.75, 3.05) is 19.5 Å². The van der Waals surface area contributed by atoms with Gasteiger partial charge in [0.15, 0.2) is 0 Å². The van der Waals surface area contributed by atoms with Crippen molar-refractivity contribution in [1.82, 2.24) is 0 Å². The minimum absolute atomic E-state index is 0.115. The molecule has 0 atom stereocenters. The summed E-state index contributed by atoms with van der Waals surface area (Å²) in [6.45, 7) is 0. The molecule has 3 aromatic carbocycles. The van der Waals surface area contributed by atoms with Crippen LogP contribution in [-0.4, -0.2) is 32.1 Å². The van der Waals surface area contributed by atoms with Crippen molar-refractivity contribution in [1.29, 1.82) is 0 Å². The van der Waals surface area contributed by atoms with E-state index in [4.69, 9.17) is 9.47 Å². The highest BCUT2D eigenvalue weighted by molar-refractivity contribution is 6.04. The molecule has 142 valence electrons. The molecule has 6 nitrogen and oxygen atoms in total. The average molecular weight is 377 g/mol. The van der Waals surface area contributed by atoms with E-state index in [1.165, 1.54) is 32.4 Å². The SMILES string of the molecule is COC(=O)c1ccc(C(=O)OC)c(NC(=O)Cc2cccc3ccccc23)c1. The molecule has 0 saturated heterocycles. The number of ether oxygens (including phenoxy) is 2. The number of hydrogen-bond acceptors (Lipinski definition) is 5. The zero-order valence-corrected chi connectivity index (χ0v) is 15.5. The summed E-state index contributed by atoms with van der Waals surface area (Å²) in [5.74, 6) is -1.50. The molecule has 0 aliphatic carbocycles. The number of rotatable bonds is 5. The van der Waals surface area contributed by atoms with Crippen LogP contribution in [0.4, 0.5) is 5.69 Å². The Labute approximate surface area is 162 Å². The van der Waals surface area contributed by atoms with Crippen LogP contribution in [0.25, 0.3) is 10.8 Å². The number of fused-ring (bicyclic) bond motifs is 1. The quantitative estimate of drug-likeness (QED) is 0.687. The van der Waals surface area contributed by atoms with Crippen LogP contribution in [0.5, 0.6) is 0 Å². The zero-order chi connectivity index (χ0) is 20.1. The first-order chi connectivity index (χ1) is 13.5. The zero-order valence-electron chi connectivity index (χ0n) is 15.5. The molecule has 1 N–H and O–H groups in total. The highest BCUT2D eigenvalue weighted by atomic mass is 16.5. The summed E-state index contributed by atoms with van der Waals surface area (Å²) < 4.78 is 9.45. The van der Waals surface area contributed by atoms with Gasteiger partial charge < -0.3 is 14.8 Å². The first kappa shape index (κ1) is 19.1. The van der Waals surface area contributed by atoms with Crippen molar-refractivity contribution in [3.8, 4) is 0 Å². The Morgan fingerprint density at radius 1 is 0.857 bits per heavy atom. The summed E-state index contributed by atoms with van der Waals surface area (Å²) in [5.41, 5.74) is 1.43. The minimum atomic E-state index is -0.614. The molecule has 0 aliphatic heterocycles. The molecule has 0 spiro atoms. The summed E-state index contributed by atoms with van der Waals surface area (Å²) in [4.78, 5) is 36.5. The average Bonchev–Trinajstić information content (AvgIpc) is 2.72. The Balaban J connectivity index is 1.89. The number of hydrogen-bond donors (Lipinski definition) is 1. The molecule has 0 heterocycles. The summed E-state index contributed by atoms with van der Waals surface area (Å²) in [7, 11) is 2.51. The van der Waals surface area contributed by atoms with Crippen LogP contribution in [0.15, 0.2) is 60.7 Å². The first-order valence-corrected chi connectivity index (χ1v) is 8.60. The van der Waals surface area contributed by atoms with Crippen LogP contribution in [0.2, 0.25) is 0 Å². The van der Waals surface area contributed by atoms with Gasteiger partial charge in [-0.05, 0) is 34.5 Å². The summed E-state index contributed by atoms with van der Waals surface area (Å²) in [6, 6.07) is 17.8. The van der Waals surface area contributed by atoms with Gasteiger partial charge in [-0.1, -0.05) is 42.5 Å². The number of carbonyl (C=O) groups is 3. The number of esters is 2. The van der Waals surface area contributed by atoms with Gasteiger partial charge >= 0.3 is 11.9 Å². The fourth-order valence-corrected chi connectivity index (χ4v) is 2.99. The highest BCUT2D eigenvalue weighted by Gasteiger charge is 2.18. The van der Waals surface area contributed by atoms with Crippen molar-refractivity contribution < 1.29 is 23.9 Å². The molecule has 0 saturated carbocycles. The molecular weight excluding hydrogens is 358 g/mol. The minimum Gasteiger partial charge on any atom is -0.465 e. The Morgan fingerprint density at radius 3 is 2.32 bits per heavy atom. The van der Waals surface area contributed by atoms with Gasteiger partial charge in [-0.2, -0.15) is 0 Å². The third-order valence-electron chi connectivity index (χ3n) is 4.35. The molecule has 0 radical (unpaired) electrons. The maximum absolute atomic E-state index is 12.7. The van der Waals surface area contributed by atoms with Crippen molar-refractivity contribution in [3.05, 3.63) is 77.4 Å². The smallest absolute Gasteiger partial charge is 0.339 e. The predicted octanol–water partition coefficient (Wildman–Crippen LogP) is 3.59. The van der Waals surface area contributed by atoms with Crippen LogP contribution < -0.4 is 5.32 Å². The maximum Gasteiger partial charge on any atom is 0.339 e. The van der Waals surface area contributed by atoms with E-state index in [9.17, 15) is 14.4 Å². The van der Waals surface area contributed by atoms with E-state index in [2.05, 4.69) is 5.32 Å². The lowest BCUT2D eigenvalue weighted by Crippen LogP contribution is -2.18. The largest absolute Gasteiger partial charge is 0.465 e. The lowest BCUT2D eigenvalue weighted by Gasteiger charge is -2.12. The number of nitrogens with one attached hydrogen (secondary N) is 1. The maximum atomic E-state index is 12.7. The molecule has 28 heavy (non-hydrogen) atoms. The number of benzene rings is 3. The van der Waals surface area contributed by atoms with E-state index in [1.807, 2.05) is 42.5 Å². The molecule has 0 aliphatic rings. The second kappa shape index (κ2) is 8.35. The summed E-state index contributed by atoms with van der Waals surface area (Å²) in [5, 5.41) is 4.73. The monoisotopic (exact) mass is 377 g/mol. The number of carbonyl (C=O) groups excluding carboxylic acids is 3. The number of methoxy groups -OCH3 is 2. The van der Waals surface area contributed by atoms with E-state index in [0.717, 1.165) is 16.3 Å². The van der Waals surface area contributed by atoms with Crippen LogP contribution in [0.3, 0.4) is 0 Å². The van der Waals surface area contributed by atoms with Gasteiger partial charge in [0, 0.05) is 0 Å². The molecular formula is C22H19NO5. The molecule has 0 aromatic heterocycles. The topological polar surface area (TPSA) is 81.7 Å². The summed E-state index contributed by atoms with van der Waals surface area (Å²) in [6.07, 6.45) is 0.115. The fourth-order valence-electron chi connectivity index (χ4n) is 2.99. The normalized spacial score (nSPS) is 10.4. The Bertz CT molecular complexity index is 1050. The van der Waals surface area contributed by atoms with Crippen molar-refractivity contribution in [3.63, 3.8) is 0 Å².